The molecule has 1 fully saturated rings. The Hall–Kier alpha value is -2.57. The number of methoxy groups -OCH3 is 1. The summed E-state index contributed by atoms with van der Waals surface area (Å²) < 4.78 is 7.50. The summed E-state index contributed by atoms with van der Waals surface area (Å²) in [5.74, 6) is 0.518. The zero-order chi connectivity index (χ0) is 20.5. The van der Waals surface area contributed by atoms with Gasteiger partial charge in [-0.3, -0.25) is 9.69 Å². The van der Waals surface area contributed by atoms with Crippen LogP contribution in [0.15, 0.2) is 36.5 Å². The van der Waals surface area contributed by atoms with Crippen LogP contribution in [-0.4, -0.2) is 58.4 Å². The molecular weight excluding hydrogens is 388 g/mol. The van der Waals surface area contributed by atoms with Crippen LogP contribution in [0.4, 0.5) is 0 Å². The molecule has 0 unspecified atom stereocenters. The number of benzene rings is 1. The van der Waals surface area contributed by atoms with E-state index in [0.717, 1.165) is 31.0 Å². The maximum Gasteiger partial charge on any atom is 0.257 e. The van der Waals surface area contributed by atoms with Gasteiger partial charge in [0.1, 0.15) is 11.4 Å². The molecule has 3 aromatic rings. The Kier molecular flexibility index (Phi) is 5.48. The van der Waals surface area contributed by atoms with Crippen molar-refractivity contribution in [3.05, 3.63) is 64.1 Å². The minimum Gasteiger partial charge on any atom is -0.496 e. The number of imidazole rings is 1. The number of nitrogens with zero attached hydrogens (tertiary/aromatic N) is 4. The molecule has 3 heterocycles. The number of aromatic nitrogens is 2. The van der Waals surface area contributed by atoms with Gasteiger partial charge in [-0.15, -0.1) is 0 Å². The molecule has 0 saturated carbocycles. The Morgan fingerprint density at radius 2 is 1.90 bits per heavy atom. The van der Waals surface area contributed by atoms with Crippen LogP contribution in [0, 0.1) is 13.8 Å². The summed E-state index contributed by atoms with van der Waals surface area (Å²) in [5, 5.41) is 0.533. The first-order valence-electron chi connectivity index (χ1n) is 9.75. The molecule has 0 atom stereocenters. The summed E-state index contributed by atoms with van der Waals surface area (Å²) in [6.45, 7) is 7.92. The lowest BCUT2D eigenvalue weighted by molar-refractivity contribution is 0.0623. The molecule has 0 radical (unpaired) electrons. The van der Waals surface area contributed by atoms with Gasteiger partial charge in [0.25, 0.3) is 5.91 Å². The van der Waals surface area contributed by atoms with Crippen LogP contribution in [-0.2, 0) is 6.54 Å². The molecule has 1 aromatic carbocycles. The Labute approximate surface area is 175 Å². The van der Waals surface area contributed by atoms with Crippen LogP contribution >= 0.6 is 11.6 Å². The van der Waals surface area contributed by atoms with E-state index in [0.29, 0.717) is 29.4 Å². The first-order chi connectivity index (χ1) is 14.0. The lowest BCUT2D eigenvalue weighted by Gasteiger charge is -2.35. The summed E-state index contributed by atoms with van der Waals surface area (Å²) in [7, 11) is 1.57. The molecule has 0 N–H and O–H groups in total. The van der Waals surface area contributed by atoms with Crippen molar-refractivity contribution in [1.82, 2.24) is 19.2 Å². The average molecular weight is 413 g/mol. The molecule has 6 nitrogen and oxygen atoms in total. The van der Waals surface area contributed by atoms with Gasteiger partial charge in [-0.2, -0.15) is 0 Å². The van der Waals surface area contributed by atoms with Crippen molar-refractivity contribution >= 4 is 23.2 Å². The fourth-order valence-electron chi connectivity index (χ4n) is 3.84. The molecule has 2 aromatic heterocycles. The smallest absolute Gasteiger partial charge is 0.257 e. The van der Waals surface area contributed by atoms with Gasteiger partial charge in [0.2, 0.25) is 0 Å². The fourth-order valence-corrected chi connectivity index (χ4v) is 4.02. The molecular formula is C22H25ClN4O2. The highest BCUT2D eigenvalue weighted by Crippen LogP contribution is 2.25. The Balaban J connectivity index is 1.45. The largest absolute Gasteiger partial charge is 0.496 e. The van der Waals surface area contributed by atoms with Gasteiger partial charge in [-0.05, 0) is 49.7 Å². The van der Waals surface area contributed by atoms with Crippen molar-refractivity contribution < 1.29 is 9.53 Å². The minimum absolute atomic E-state index is 0.0366. The third kappa shape index (κ3) is 3.95. The molecule has 7 heteroatoms. The monoisotopic (exact) mass is 412 g/mol. The van der Waals surface area contributed by atoms with E-state index in [1.54, 1.807) is 25.3 Å². The first-order valence-corrected chi connectivity index (χ1v) is 10.1. The molecule has 152 valence electrons. The Bertz CT molecular complexity index is 1050. The normalized spacial score (nSPS) is 15.1. The summed E-state index contributed by atoms with van der Waals surface area (Å²) >= 11 is 6.09. The van der Waals surface area contributed by atoms with E-state index in [9.17, 15) is 4.79 Å². The number of ether oxygens (including phenoxy) is 1. The summed E-state index contributed by atoms with van der Waals surface area (Å²) in [5.41, 5.74) is 4.97. The highest BCUT2D eigenvalue weighted by molar-refractivity contribution is 6.31. The van der Waals surface area contributed by atoms with Crippen LogP contribution in [0.2, 0.25) is 5.02 Å². The number of halogens is 1. The molecule has 0 bridgehead atoms. The molecule has 0 spiro atoms. The minimum atomic E-state index is -0.0366. The summed E-state index contributed by atoms with van der Waals surface area (Å²) in [4.78, 5) is 21.9. The standard InChI is InChI=1S/C22H25ClN4O2/c1-15-6-7-27-19(16(2)24-21(27)12-15)14-25-8-10-26(11-9-25)22(28)18-13-17(23)4-5-20(18)29-3/h4-7,12-13H,8-11,14H2,1-3H3. The van der Waals surface area contributed by atoms with Crippen LogP contribution in [0.1, 0.15) is 27.3 Å². The first kappa shape index (κ1) is 19.7. The number of carbonyl (C=O) groups is 1. The van der Waals surface area contributed by atoms with Crippen molar-refractivity contribution in [2.24, 2.45) is 0 Å². The zero-order valence-electron chi connectivity index (χ0n) is 17.0. The lowest BCUT2D eigenvalue weighted by Crippen LogP contribution is -2.48. The second-order valence-electron chi connectivity index (χ2n) is 7.49. The molecule has 4 rings (SSSR count). The van der Waals surface area contributed by atoms with E-state index in [1.165, 1.54) is 11.3 Å². The molecule has 1 aliphatic rings. The number of aryl methyl sites for hydroxylation is 2. The van der Waals surface area contributed by atoms with Gasteiger partial charge in [-0.25, -0.2) is 4.98 Å². The molecule has 1 aliphatic heterocycles. The molecule has 1 saturated heterocycles. The van der Waals surface area contributed by atoms with Crippen LogP contribution in [0.5, 0.6) is 5.75 Å². The number of hydrogen-bond donors (Lipinski definition) is 0. The quantitative estimate of drug-likeness (QED) is 0.657. The summed E-state index contributed by atoms with van der Waals surface area (Å²) in [6, 6.07) is 9.35. The second-order valence-corrected chi connectivity index (χ2v) is 7.93. The number of piperazine rings is 1. The molecule has 0 aliphatic carbocycles. The van der Waals surface area contributed by atoms with Crippen molar-refractivity contribution in [3.63, 3.8) is 0 Å². The number of amides is 1. The van der Waals surface area contributed by atoms with Crippen molar-refractivity contribution in [2.45, 2.75) is 20.4 Å². The van der Waals surface area contributed by atoms with Crippen molar-refractivity contribution in [1.29, 1.82) is 0 Å². The highest BCUT2D eigenvalue weighted by atomic mass is 35.5. The van der Waals surface area contributed by atoms with Gasteiger partial charge in [-0.1, -0.05) is 11.6 Å². The number of hydrogen-bond acceptors (Lipinski definition) is 4. The van der Waals surface area contributed by atoms with Crippen LogP contribution in [0.3, 0.4) is 0 Å². The van der Waals surface area contributed by atoms with Crippen molar-refractivity contribution in [3.8, 4) is 5.75 Å². The summed E-state index contributed by atoms with van der Waals surface area (Å²) in [6.07, 6.45) is 2.09. The van der Waals surface area contributed by atoms with E-state index in [2.05, 4.69) is 41.5 Å². The zero-order valence-corrected chi connectivity index (χ0v) is 17.7. The number of carbonyl (C=O) groups excluding carboxylic acids is 1. The second kappa shape index (κ2) is 8.05. The maximum atomic E-state index is 13.0. The van der Waals surface area contributed by atoms with Crippen LogP contribution in [0.25, 0.3) is 5.65 Å². The van der Waals surface area contributed by atoms with Gasteiger partial charge in [0.15, 0.2) is 0 Å². The van der Waals surface area contributed by atoms with Crippen molar-refractivity contribution in [2.75, 3.05) is 33.3 Å². The predicted molar refractivity (Wildman–Crippen MR) is 114 cm³/mol. The van der Waals surface area contributed by atoms with E-state index in [4.69, 9.17) is 21.3 Å². The van der Waals surface area contributed by atoms with Gasteiger partial charge >= 0.3 is 0 Å². The Morgan fingerprint density at radius 3 is 2.62 bits per heavy atom. The van der Waals surface area contributed by atoms with E-state index >= 15 is 0 Å². The molecule has 1 amide bonds. The average Bonchev–Trinajstić information content (AvgIpc) is 3.02. The van der Waals surface area contributed by atoms with E-state index in [1.807, 2.05) is 4.90 Å². The number of pyridine rings is 1. The topological polar surface area (TPSA) is 50.1 Å². The van der Waals surface area contributed by atoms with E-state index < -0.39 is 0 Å². The third-order valence-electron chi connectivity index (χ3n) is 5.51. The fraction of sp³-hybridized carbons (Fsp3) is 0.364. The Morgan fingerprint density at radius 1 is 1.14 bits per heavy atom. The number of fused-ring (bicyclic) bond motifs is 1. The van der Waals surface area contributed by atoms with Crippen LogP contribution < -0.4 is 4.74 Å². The highest BCUT2D eigenvalue weighted by Gasteiger charge is 2.25. The van der Waals surface area contributed by atoms with Gasteiger partial charge in [0, 0.05) is 43.9 Å². The maximum absolute atomic E-state index is 13.0. The number of rotatable bonds is 4. The van der Waals surface area contributed by atoms with Gasteiger partial charge < -0.3 is 14.0 Å². The van der Waals surface area contributed by atoms with E-state index in [-0.39, 0.29) is 5.91 Å². The predicted octanol–water partition coefficient (Wildman–Crippen LogP) is 3.57. The third-order valence-corrected chi connectivity index (χ3v) is 5.74. The lowest BCUT2D eigenvalue weighted by atomic mass is 10.1. The molecule has 29 heavy (non-hydrogen) atoms. The SMILES string of the molecule is COc1ccc(Cl)cc1C(=O)N1CCN(Cc2c(C)nc3cc(C)ccn23)CC1. The van der Waals surface area contributed by atoms with Gasteiger partial charge in [0.05, 0.1) is 24.1 Å².